The Morgan fingerprint density at radius 3 is 2.18 bits per heavy atom. The van der Waals surface area contributed by atoms with E-state index in [2.05, 4.69) is 0 Å². The Bertz CT molecular complexity index is 957. The van der Waals surface area contributed by atoms with Crippen LogP contribution in [0.25, 0.3) is 0 Å². The zero-order chi connectivity index (χ0) is 20.3. The SMILES string of the molecule is C[C@H](c1cc(F)cc(F)c1)N(C(=O)c1ccccc1)[C@@H](C(N)=O)c1cccs1. The molecule has 4 nitrogen and oxygen atoms in total. The molecule has 2 atom stereocenters. The lowest BCUT2D eigenvalue weighted by Crippen LogP contribution is -2.43. The van der Waals surface area contributed by atoms with Gasteiger partial charge in [0.1, 0.15) is 17.7 Å². The van der Waals surface area contributed by atoms with E-state index < -0.39 is 35.5 Å². The van der Waals surface area contributed by atoms with Crippen molar-refractivity contribution in [1.29, 1.82) is 0 Å². The Morgan fingerprint density at radius 2 is 1.64 bits per heavy atom. The molecule has 2 amide bonds. The molecule has 0 unspecified atom stereocenters. The number of hydrogen-bond donors (Lipinski definition) is 1. The summed E-state index contributed by atoms with van der Waals surface area (Å²) in [4.78, 5) is 27.5. The fourth-order valence-electron chi connectivity index (χ4n) is 3.08. The number of nitrogens with zero attached hydrogens (tertiary/aromatic N) is 1. The van der Waals surface area contributed by atoms with Crippen LogP contribution in [0, 0.1) is 11.6 Å². The molecule has 3 rings (SSSR count). The van der Waals surface area contributed by atoms with Gasteiger partial charge in [-0.25, -0.2) is 8.78 Å². The Kier molecular flexibility index (Phi) is 5.84. The zero-order valence-corrected chi connectivity index (χ0v) is 15.8. The number of amides is 2. The average Bonchev–Trinajstić information content (AvgIpc) is 3.18. The first-order valence-corrected chi connectivity index (χ1v) is 9.43. The normalized spacial score (nSPS) is 13.0. The van der Waals surface area contributed by atoms with Crippen LogP contribution in [-0.4, -0.2) is 16.7 Å². The summed E-state index contributed by atoms with van der Waals surface area (Å²) in [5.74, 6) is -2.72. The molecule has 0 aliphatic carbocycles. The van der Waals surface area contributed by atoms with Gasteiger partial charge in [0.2, 0.25) is 5.91 Å². The van der Waals surface area contributed by atoms with Crippen LogP contribution >= 0.6 is 11.3 Å². The summed E-state index contributed by atoms with van der Waals surface area (Å²) in [5, 5.41) is 1.77. The number of carbonyl (C=O) groups is 2. The number of primary amides is 1. The first kappa shape index (κ1) is 19.7. The van der Waals surface area contributed by atoms with Gasteiger partial charge in [0.15, 0.2) is 0 Å². The topological polar surface area (TPSA) is 63.4 Å². The average molecular weight is 400 g/mol. The highest BCUT2D eigenvalue weighted by Crippen LogP contribution is 2.34. The highest BCUT2D eigenvalue weighted by Gasteiger charge is 2.35. The van der Waals surface area contributed by atoms with E-state index in [0.717, 1.165) is 18.2 Å². The number of carbonyl (C=O) groups excluding carboxylic acids is 2. The van der Waals surface area contributed by atoms with Crippen LogP contribution in [0.4, 0.5) is 8.78 Å². The van der Waals surface area contributed by atoms with Crippen molar-refractivity contribution in [3.05, 3.63) is 93.7 Å². The molecule has 2 aromatic carbocycles. The van der Waals surface area contributed by atoms with Gasteiger partial charge in [0.05, 0.1) is 6.04 Å². The van der Waals surface area contributed by atoms with E-state index in [0.29, 0.717) is 10.4 Å². The minimum atomic E-state index is -1.07. The maximum atomic E-state index is 13.8. The van der Waals surface area contributed by atoms with Crippen LogP contribution in [-0.2, 0) is 4.79 Å². The monoisotopic (exact) mass is 400 g/mol. The van der Waals surface area contributed by atoms with Gasteiger partial charge in [-0.3, -0.25) is 9.59 Å². The van der Waals surface area contributed by atoms with E-state index >= 15 is 0 Å². The summed E-state index contributed by atoms with van der Waals surface area (Å²) >= 11 is 1.28. The number of halogens is 2. The summed E-state index contributed by atoms with van der Waals surface area (Å²) in [7, 11) is 0. The molecule has 0 aliphatic rings. The van der Waals surface area contributed by atoms with Crippen molar-refractivity contribution in [3.63, 3.8) is 0 Å². The molecule has 0 radical (unpaired) electrons. The molecule has 1 heterocycles. The van der Waals surface area contributed by atoms with Gasteiger partial charge in [-0.1, -0.05) is 24.3 Å². The fraction of sp³-hybridized carbons (Fsp3) is 0.143. The van der Waals surface area contributed by atoms with E-state index in [1.165, 1.54) is 16.2 Å². The predicted octanol–water partition coefficient (Wildman–Crippen LogP) is 4.46. The zero-order valence-electron chi connectivity index (χ0n) is 15.0. The van der Waals surface area contributed by atoms with Gasteiger partial charge in [0.25, 0.3) is 5.91 Å². The van der Waals surface area contributed by atoms with Gasteiger partial charge in [-0.2, -0.15) is 0 Å². The minimum absolute atomic E-state index is 0.226. The van der Waals surface area contributed by atoms with Gasteiger partial charge in [0, 0.05) is 16.5 Å². The maximum absolute atomic E-state index is 13.8. The Labute approximate surface area is 165 Å². The number of rotatable bonds is 6. The van der Waals surface area contributed by atoms with Gasteiger partial charge >= 0.3 is 0 Å². The second-order valence-electron chi connectivity index (χ2n) is 6.28. The van der Waals surface area contributed by atoms with Crippen LogP contribution in [0.2, 0.25) is 0 Å². The molecule has 0 fully saturated rings. The summed E-state index contributed by atoms with van der Waals surface area (Å²) in [6.07, 6.45) is 0. The first-order valence-electron chi connectivity index (χ1n) is 8.55. The van der Waals surface area contributed by atoms with E-state index in [4.69, 9.17) is 5.73 Å². The third-order valence-corrected chi connectivity index (χ3v) is 5.32. The third-order valence-electron chi connectivity index (χ3n) is 4.40. The summed E-state index contributed by atoms with van der Waals surface area (Å²) in [5.41, 5.74) is 6.21. The number of nitrogens with two attached hydrogens (primary N) is 1. The molecular weight excluding hydrogens is 382 g/mol. The maximum Gasteiger partial charge on any atom is 0.255 e. The van der Waals surface area contributed by atoms with Crippen molar-refractivity contribution in [2.75, 3.05) is 0 Å². The number of thiophene rings is 1. The van der Waals surface area contributed by atoms with Crippen molar-refractivity contribution in [2.45, 2.75) is 19.0 Å². The van der Waals surface area contributed by atoms with E-state index in [-0.39, 0.29) is 5.56 Å². The minimum Gasteiger partial charge on any atom is -0.368 e. The quantitative estimate of drug-likeness (QED) is 0.664. The molecule has 0 saturated heterocycles. The molecular formula is C21H18F2N2O2S. The Balaban J connectivity index is 2.13. The fourth-order valence-corrected chi connectivity index (χ4v) is 3.91. The van der Waals surface area contributed by atoms with Crippen molar-refractivity contribution in [3.8, 4) is 0 Å². The Morgan fingerprint density at radius 1 is 1.00 bits per heavy atom. The molecule has 3 aromatic rings. The first-order chi connectivity index (χ1) is 13.4. The molecule has 7 heteroatoms. The summed E-state index contributed by atoms with van der Waals surface area (Å²) in [6.45, 7) is 1.61. The van der Waals surface area contributed by atoms with Gasteiger partial charge < -0.3 is 10.6 Å². The van der Waals surface area contributed by atoms with Crippen LogP contribution in [0.5, 0.6) is 0 Å². The van der Waals surface area contributed by atoms with Crippen LogP contribution in [0.15, 0.2) is 66.0 Å². The third kappa shape index (κ3) is 4.09. The van der Waals surface area contributed by atoms with Crippen molar-refractivity contribution >= 4 is 23.2 Å². The number of benzene rings is 2. The molecule has 0 saturated carbocycles. The molecule has 28 heavy (non-hydrogen) atoms. The molecule has 0 bridgehead atoms. The van der Waals surface area contributed by atoms with Gasteiger partial charge in [-0.15, -0.1) is 11.3 Å². The van der Waals surface area contributed by atoms with Crippen LogP contribution in [0.1, 0.15) is 39.8 Å². The largest absolute Gasteiger partial charge is 0.368 e. The molecule has 144 valence electrons. The van der Waals surface area contributed by atoms with E-state index in [1.807, 2.05) is 0 Å². The number of hydrogen-bond acceptors (Lipinski definition) is 3. The highest BCUT2D eigenvalue weighted by molar-refractivity contribution is 7.10. The summed E-state index contributed by atoms with van der Waals surface area (Å²) in [6, 6.07) is 13.0. The summed E-state index contributed by atoms with van der Waals surface area (Å²) < 4.78 is 27.6. The highest BCUT2D eigenvalue weighted by atomic mass is 32.1. The van der Waals surface area contributed by atoms with Crippen molar-refractivity contribution in [1.82, 2.24) is 4.90 Å². The van der Waals surface area contributed by atoms with E-state index in [1.54, 1.807) is 54.8 Å². The second kappa shape index (κ2) is 8.31. The molecule has 0 aliphatic heterocycles. The van der Waals surface area contributed by atoms with Crippen molar-refractivity contribution in [2.24, 2.45) is 5.73 Å². The lowest BCUT2D eigenvalue weighted by molar-refractivity contribution is -0.123. The van der Waals surface area contributed by atoms with Gasteiger partial charge in [-0.05, 0) is 48.2 Å². The molecule has 1 aromatic heterocycles. The second-order valence-corrected chi connectivity index (χ2v) is 7.26. The lowest BCUT2D eigenvalue weighted by atomic mass is 10.0. The van der Waals surface area contributed by atoms with Crippen LogP contribution in [0.3, 0.4) is 0 Å². The standard InChI is InChI=1S/C21H18F2N2O2S/c1-13(15-10-16(22)12-17(23)11-15)25(21(27)14-6-3-2-4-7-14)19(20(24)26)18-8-5-9-28-18/h2-13,19H,1H3,(H2,24,26)/t13-,19-/m1/s1. The molecule has 2 N–H and O–H groups in total. The van der Waals surface area contributed by atoms with Crippen molar-refractivity contribution < 1.29 is 18.4 Å². The van der Waals surface area contributed by atoms with E-state index in [9.17, 15) is 18.4 Å². The smallest absolute Gasteiger partial charge is 0.255 e. The van der Waals surface area contributed by atoms with Crippen LogP contribution < -0.4 is 5.73 Å². The Hall–Kier alpha value is -3.06. The lowest BCUT2D eigenvalue weighted by Gasteiger charge is -2.35. The predicted molar refractivity (Wildman–Crippen MR) is 104 cm³/mol. The molecule has 0 spiro atoms.